The van der Waals surface area contributed by atoms with Crippen LogP contribution in [0.15, 0.2) is 42.5 Å². The van der Waals surface area contributed by atoms with Crippen LogP contribution in [0.4, 0.5) is 10.8 Å². The van der Waals surface area contributed by atoms with Gasteiger partial charge < -0.3 is 10.2 Å². The largest absolute Gasteiger partial charge is 0.341 e. The van der Waals surface area contributed by atoms with Gasteiger partial charge in [-0.25, -0.2) is 4.98 Å². The summed E-state index contributed by atoms with van der Waals surface area (Å²) in [6.07, 6.45) is 0.694. The Hall–Kier alpha value is -2.73. The van der Waals surface area contributed by atoms with E-state index in [1.165, 1.54) is 28.2 Å². The summed E-state index contributed by atoms with van der Waals surface area (Å²) in [4.78, 5) is 18.7. The van der Waals surface area contributed by atoms with Gasteiger partial charge in [0.1, 0.15) is 5.82 Å². The molecule has 0 saturated heterocycles. The standard InChI is InChI=1S/C21H24N4OS/c1-14-5-8-17(9-6-14)12-19-23-21(27-24-19)25(4)13-20(26)22-18-10-7-15(2)16(3)11-18/h5-11H,12-13H2,1-4H3,(H,22,26). The van der Waals surface area contributed by atoms with Crippen molar-refractivity contribution in [2.24, 2.45) is 0 Å². The van der Waals surface area contributed by atoms with Crippen molar-refractivity contribution in [3.05, 3.63) is 70.5 Å². The number of nitrogens with zero attached hydrogens (tertiary/aromatic N) is 3. The van der Waals surface area contributed by atoms with Crippen LogP contribution in [0.5, 0.6) is 0 Å². The first-order valence-corrected chi connectivity index (χ1v) is 9.64. The van der Waals surface area contributed by atoms with E-state index in [1.54, 1.807) is 0 Å². The Morgan fingerprint density at radius 1 is 1.07 bits per heavy atom. The van der Waals surface area contributed by atoms with Gasteiger partial charge in [-0.05, 0) is 49.6 Å². The lowest BCUT2D eigenvalue weighted by Crippen LogP contribution is -2.30. The number of anilines is 2. The molecule has 0 aliphatic heterocycles. The van der Waals surface area contributed by atoms with Gasteiger partial charge in [0.25, 0.3) is 0 Å². The highest BCUT2D eigenvalue weighted by atomic mass is 32.1. The van der Waals surface area contributed by atoms with Gasteiger partial charge in [-0.2, -0.15) is 4.37 Å². The van der Waals surface area contributed by atoms with E-state index in [4.69, 9.17) is 0 Å². The summed E-state index contributed by atoms with van der Waals surface area (Å²) in [5.41, 5.74) is 5.60. The van der Waals surface area contributed by atoms with Gasteiger partial charge in [0.05, 0.1) is 6.54 Å². The lowest BCUT2D eigenvalue weighted by Gasteiger charge is -2.15. The van der Waals surface area contributed by atoms with E-state index in [2.05, 4.69) is 52.8 Å². The van der Waals surface area contributed by atoms with E-state index < -0.39 is 0 Å². The Bertz CT molecular complexity index is 934. The number of hydrogen-bond acceptors (Lipinski definition) is 5. The molecule has 0 spiro atoms. The number of nitrogens with one attached hydrogen (secondary N) is 1. The summed E-state index contributed by atoms with van der Waals surface area (Å²) < 4.78 is 4.42. The van der Waals surface area contributed by atoms with Crippen LogP contribution in [0.3, 0.4) is 0 Å². The van der Waals surface area contributed by atoms with E-state index in [9.17, 15) is 4.79 Å². The Balaban J connectivity index is 1.58. The molecule has 5 nitrogen and oxygen atoms in total. The van der Waals surface area contributed by atoms with Crippen LogP contribution in [-0.2, 0) is 11.2 Å². The van der Waals surface area contributed by atoms with E-state index in [-0.39, 0.29) is 12.5 Å². The average molecular weight is 381 g/mol. The lowest BCUT2D eigenvalue weighted by atomic mass is 10.1. The second kappa shape index (κ2) is 8.31. The molecular formula is C21H24N4OS. The minimum absolute atomic E-state index is 0.0731. The highest BCUT2D eigenvalue weighted by Crippen LogP contribution is 2.19. The summed E-state index contributed by atoms with van der Waals surface area (Å²) in [6, 6.07) is 14.3. The SMILES string of the molecule is Cc1ccc(Cc2nsc(N(C)CC(=O)Nc3ccc(C)c(C)c3)n2)cc1. The molecule has 0 unspecified atom stereocenters. The predicted molar refractivity (Wildman–Crippen MR) is 112 cm³/mol. The predicted octanol–water partition coefficient (Wildman–Crippen LogP) is 4.13. The molecule has 3 rings (SSSR count). The molecule has 3 aromatic rings. The normalized spacial score (nSPS) is 10.7. The van der Waals surface area contributed by atoms with Crippen molar-refractivity contribution in [2.45, 2.75) is 27.2 Å². The monoisotopic (exact) mass is 380 g/mol. The van der Waals surface area contributed by atoms with Gasteiger partial charge >= 0.3 is 0 Å². The van der Waals surface area contributed by atoms with Crippen LogP contribution in [-0.4, -0.2) is 28.9 Å². The van der Waals surface area contributed by atoms with Crippen LogP contribution in [0.1, 0.15) is 28.1 Å². The summed E-state index contributed by atoms with van der Waals surface area (Å²) in [7, 11) is 1.86. The topological polar surface area (TPSA) is 58.1 Å². The van der Waals surface area contributed by atoms with E-state index in [1.807, 2.05) is 37.1 Å². The molecule has 0 saturated carbocycles. The molecule has 1 amide bonds. The maximum Gasteiger partial charge on any atom is 0.243 e. The van der Waals surface area contributed by atoms with Crippen LogP contribution in [0.25, 0.3) is 0 Å². The number of carbonyl (C=O) groups excluding carboxylic acids is 1. The van der Waals surface area contributed by atoms with Crippen molar-refractivity contribution in [2.75, 3.05) is 23.8 Å². The fourth-order valence-electron chi connectivity index (χ4n) is 2.66. The van der Waals surface area contributed by atoms with Crippen molar-refractivity contribution >= 4 is 28.3 Å². The van der Waals surface area contributed by atoms with Crippen LogP contribution in [0, 0.1) is 20.8 Å². The molecule has 0 fully saturated rings. The molecule has 0 atom stereocenters. The minimum atomic E-state index is -0.0731. The molecule has 1 N–H and O–H groups in total. The van der Waals surface area contributed by atoms with Gasteiger partial charge in [-0.15, -0.1) is 0 Å². The Morgan fingerprint density at radius 3 is 2.52 bits per heavy atom. The number of aryl methyl sites for hydroxylation is 3. The summed E-state index contributed by atoms with van der Waals surface area (Å²) in [5, 5.41) is 3.68. The first-order chi connectivity index (χ1) is 12.9. The van der Waals surface area contributed by atoms with Crippen molar-refractivity contribution in [3.63, 3.8) is 0 Å². The van der Waals surface area contributed by atoms with Gasteiger partial charge in [0.2, 0.25) is 11.0 Å². The van der Waals surface area contributed by atoms with Gasteiger partial charge in [-0.3, -0.25) is 4.79 Å². The fraction of sp³-hybridized carbons (Fsp3) is 0.286. The summed E-state index contributed by atoms with van der Waals surface area (Å²) in [6.45, 7) is 6.39. The Labute approximate surface area is 164 Å². The third kappa shape index (κ3) is 5.14. The molecule has 0 aliphatic carbocycles. The molecule has 0 bridgehead atoms. The second-order valence-corrected chi connectivity index (χ2v) is 7.59. The van der Waals surface area contributed by atoms with Gasteiger partial charge in [0, 0.05) is 30.7 Å². The molecule has 0 radical (unpaired) electrons. The Morgan fingerprint density at radius 2 is 1.81 bits per heavy atom. The first-order valence-electron chi connectivity index (χ1n) is 8.87. The average Bonchev–Trinajstić information content (AvgIpc) is 3.09. The minimum Gasteiger partial charge on any atom is -0.341 e. The van der Waals surface area contributed by atoms with Crippen molar-refractivity contribution in [1.29, 1.82) is 0 Å². The molecule has 2 aromatic carbocycles. The molecule has 0 aliphatic rings. The zero-order chi connectivity index (χ0) is 19.4. The lowest BCUT2D eigenvalue weighted by molar-refractivity contribution is -0.114. The van der Waals surface area contributed by atoms with Crippen molar-refractivity contribution in [3.8, 4) is 0 Å². The molecule has 6 heteroatoms. The van der Waals surface area contributed by atoms with E-state index in [0.29, 0.717) is 6.42 Å². The van der Waals surface area contributed by atoms with Gasteiger partial charge in [-0.1, -0.05) is 35.9 Å². The number of likely N-dealkylation sites (N-methyl/N-ethyl adjacent to an activating group) is 1. The molecular weight excluding hydrogens is 356 g/mol. The number of rotatable bonds is 6. The molecule has 140 valence electrons. The third-order valence-electron chi connectivity index (χ3n) is 4.44. The number of carbonyl (C=O) groups is 1. The quantitative estimate of drug-likeness (QED) is 0.699. The molecule has 27 heavy (non-hydrogen) atoms. The van der Waals surface area contributed by atoms with Crippen LogP contribution >= 0.6 is 11.5 Å². The number of aromatic nitrogens is 2. The first kappa shape index (κ1) is 19.0. The fourth-order valence-corrected chi connectivity index (χ4v) is 3.31. The van der Waals surface area contributed by atoms with Crippen LogP contribution in [0.2, 0.25) is 0 Å². The summed E-state index contributed by atoms with van der Waals surface area (Å²) in [5.74, 6) is 0.705. The van der Waals surface area contributed by atoms with Crippen LogP contribution < -0.4 is 10.2 Å². The maximum absolute atomic E-state index is 12.3. The van der Waals surface area contributed by atoms with E-state index >= 15 is 0 Å². The number of benzene rings is 2. The zero-order valence-corrected chi connectivity index (χ0v) is 16.9. The molecule has 1 aromatic heterocycles. The van der Waals surface area contributed by atoms with Crippen molar-refractivity contribution in [1.82, 2.24) is 9.36 Å². The molecule has 1 heterocycles. The highest BCUT2D eigenvalue weighted by molar-refractivity contribution is 7.09. The smallest absolute Gasteiger partial charge is 0.243 e. The van der Waals surface area contributed by atoms with Gasteiger partial charge in [0.15, 0.2) is 0 Å². The highest BCUT2D eigenvalue weighted by Gasteiger charge is 2.13. The summed E-state index contributed by atoms with van der Waals surface area (Å²) >= 11 is 1.32. The maximum atomic E-state index is 12.3. The third-order valence-corrected chi connectivity index (χ3v) is 5.31. The van der Waals surface area contributed by atoms with Crippen molar-refractivity contribution < 1.29 is 4.79 Å². The van der Waals surface area contributed by atoms with E-state index in [0.717, 1.165) is 22.2 Å². The Kier molecular flexibility index (Phi) is 5.86. The zero-order valence-electron chi connectivity index (χ0n) is 16.1. The second-order valence-electron chi connectivity index (χ2n) is 6.86. The number of amides is 1. The number of hydrogen-bond donors (Lipinski definition) is 1.